The number of imidazole rings is 1. The first-order valence-corrected chi connectivity index (χ1v) is 4.95. The summed E-state index contributed by atoms with van der Waals surface area (Å²) in [6.45, 7) is 0. The lowest BCUT2D eigenvalue weighted by Gasteiger charge is -1.95. The molecule has 2 rings (SSSR count). The summed E-state index contributed by atoms with van der Waals surface area (Å²) in [5.74, 6) is -0.607. The second kappa shape index (κ2) is 3.67. The summed E-state index contributed by atoms with van der Waals surface area (Å²) in [5.41, 5.74) is 0. The highest BCUT2D eigenvalue weighted by molar-refractivity contribution is 7.84. The lowest BCUT2D eigenvalue weighted by molar-refractivity contribution is 0.582. The van der Waals surface area contributed by atoms with Crippen LogP contribution in [0.4, 0.5) is 4.39 Å². The van der Waals surface area contributed by atoms with Gasteiger partial charge in [-0.15, -0.1) is 0 Å². The summed E-state index contributed by atoms with van der Waals surface area (Å²) < 4.78 is 24.2. The number of hydrogen-bond acceptors (Lipinski definition) is 3. The molecule has 4 nitrogen and oxygen atoms in total. The van der Waals surface area contributed by atoms with Crippen LogP contribution >= 0.6 is 0 Å². The highest BCUT2D eigenvalue weighted by Gasteiger charge is 2.11. The van der Waals surface area contributed by atoms with Gasteiger partial charge in [-0.3, -0.25) is 0 Å². The molecule has 1 unspecified atom stereocenters. The van der Waals surface area contributed by atoms with Crippen molar-refractivity contribution in [1.29, 1.82) is 0 Å². The SMILES string of the molecule is O=S(c1ccccn1)c1ncc(F)[nH]1. The van der Waals surface area contributed by atoms with Crippen LogP contribution < -0.4 is 0 Å². The Hall–Kier alpha value is -1.56. The molecule has 2 aromatic rings. The van der Waals surface area contributed by atoms with Crippen LogP contribution in [0, 0.1) is 5.95 Å². The van der Waals surface area contributed by atoms with Crippen LogP contribution in [0.5, 0.6) is 0 Å². The Morgan fingerprint density at radius 1 is 1.36 bits per heavy atom. The molecule has 14 heavy (non-hydrogen) atoms. The molecule has 0 saturated carbocycles. The van der Waals surface area contributed by atoms with Gasteiger partial charge >= 0.3 is 0 Å². The van der Waals surface area contributed by atoms with E-state index in [1.165, 1.54) is 6.20 Å². The summed E-state index contributed by atoms with van der Waals surface area (Å²) in [7, 11) is -1.54. The normalized spacial score (nSPS) is 12.6. The monoisotopic (exact) mass is 211 g/mol. The summed E-state index contributed by atoms with van der Waals surface area (Å²) in [4.78, 5) is 9.76. The number of rotatable bonds is 2. The molecule has 72 valence electrons. The van der Waals surface area contributed by atoms with E-state index in [-0.39, 0.29) is 5.16 Å². The third-order valence-electron chi connectivity index (χ3n) is 1.52. The highest BCUT2D eigenvalue weighted by atomic mass is 32.2. The Morgan fingerprint density at radius 2 is 2.21 bits per heavy atom. The summed E-state index contributed by atoms with van der Waals surface area (Å²) in [5, 5.41) is 0.419. The number of aromatic amines is 1. The molecule has 2 aromatic heterocycles. The second-order valence-electron chi connectivity index (χ2n) is 2.47. The third kappa shape index (κ3) is 1.69. The van der Waals surface area contributed by atoms with Crippen molar-refractivity contribution in [3.63, 3.8) is 0 Å². The van der Waals surface area contributed by atoms with E-state index < -0.39 is 16.7 Å². The maximum atomic E-state index is 12.5. The van der Waals surface area contributed by atoms with Crippen LogP contribution in [-0.2, 0) is 10.8 Å². The minimum atomic E-state index is -1.54. The van der Waals surface area contributed by atoms with Gasteiger partial charge in [0, 0.05) is 6.20 Å². The Balaban J connectivity index is 2.34. The van der Waals surface area contributed by atoms with Crippen molar-refractivity contribution in [3.8, 4) is 0 Å². The van der Waals surface area contributed by atoms with Gasteiger partial charge in [0.1, 0.15) is 15.8 Å². The second-order valence-corrected chi connectivity index (χ2v) is 3.82. The number of H-pyrrole nitrogens is 1. The maximum Gasteiger partial charge on any atom is 0.211 e. The smallest absolute Gasteiger partial charge is 0.211 e. The van der Waals surface area contributed by atoms with Gasteiger partial charge < -0.3 is 4.98 Å². The Morgan fingerprint density at radius 3 is 2.79 bits per heavy atom. The Labute approximate surface area is 81.7 Å². The van der Waals surface area contributed by atoms with Gasteiger partial charge in [0.05, 0.1) is 6.20 Å². The predicted octanol–water partition coefficient (Wildman–Crippen LogP) is 1.11. The van der Waals surface area contributed by atoms with Crippen LogP contribution in [0.2, 0.25) is 0 Å². The van der Waals surface area contributed by atoms with Crippen molar-refractivity contribution in [1.82, 2.24) is 15.0 Å². The summed E-state index contributed by atoms with van der Waals surface area (Å²) in [6, 6.07) is 5.01. The largest absolute Gasteiger partial charge is 0.307 e. The number of aromatic nitrogens is 3. The summed E-state index contributed by atoms with van der Waals surface area (Å²) >= 11 is 0. The van der Waals surface area contributed by atoms with E-state index in [4.69, 9.17) is 0 Å². The molecule has 6 heteroatoms. The zero-order valence-corrected chi connectivity index (χ0v) is 7.79. The molecule has 0 aliphatic carbocycles. The van der Waals surface area contributed by atoms with E-state index >= 15 is 0 Å². The van der Waals surface area contributed by atoms with Gasteiger partial charge in [-0.2, -0.15) is 4.39 Å². The van der Waals surface area contributed by atoms with Gasteiger partial charge in [0.2, 0.25) is 11.1 Å². The minimum Gasteiger partial charge on any atom is -0.307 e. The van der Waals surface area contributed by atoms with E-state index in [2.05, 4.69) is 15.0 Å². The molecular formula is C8H6FN3OS. The fourth-order valence-electron chi connectivity index (χ4n) is 0.932. The molecule has 0 aliphatic heterocycles. The first kappa shape index (κ1) is 9.01. The predicted molar refractivity (Wildman–Crippen MR) is 47.5 cm³/mol. The van der Waals surface area contributed by atoms with Crippen molar-refractivity contribution < 1.29 is 8.60 Å². The van der Waals surface area contributed by atoms with E-state index in [1.807, 2.05) is 0 Å². The summed E-state index contributed by atoms with van der Waals surface area (Å²) in [6.07, 6.45) is 2.50. The maximum absolute atomic E-state index is 12.5. The molecule has 1 atom stereocenters. The number of halogens is 1. The number of pyridine rings is 1. The van der Waals surface area contributed by atoms with Crippen LogP contribution in [0.1, 0.15) is 0 Å². The van der Waals surface area contributed by atoms with Crippen LogP contribution in [0.3, 0.4) is 0 Å². The van der Waals surface area contributed by atoms with E-state index in [0.29, 0.717) is 5.03 Å². The Kier molecular flexibility index (Phi) is 2.36. The molecule has 0 aliphatic rings. The molecule has 0 spiro atoms. The third-order valence-corrected chi connectivity index (χ3v) is 2.70. The highest BCUT2D eigenvalue weighted by Crippen LogP contribution is 2.09. The standard InChI is InChI=1S/C8H6FN3OS/c9-6-5-11-8(12-6)14(13)7-3-1-2-4-10-7/h1-5H,(H,11,12). The zero-order chi connectivity index (χ0) is 9.97. The Bertz CT molecular complexity index is 457. The van der Waals surface area contributed by atoms with Gasteiger partial charge in [-0.25, -0.2) is 14.2 Å². The average Bonchev–Trinajstić information content (AvgIpc) is 2.65. The topological polar surface area (TPSA) is 58.6 Å². The van der Waals surface area contributed by atoms with Crippen molar-refractivity contribution in [2.45, 2.75) is 10.2 Å². The molecule has 1 N–H and O–H groups in total. The molecule has 0 saturated heterocycles. The van der Waals surface area contributed by atoms with Crippen molar-refractivity contribution in [2.75, 3.05) is 0 Å². The van der Waals surface area contributed by atoms with Gasteiger partial charge in [-0.1, -0.05) is 6.07 Å². The molecular weight excluding hydrogens is 205 g/mol. The number of nitrogens with one attached hydrogen (secondary N) is 1. The van der Waals surface area contributed by atoms with Crippen molar-refractivity contribution in [3.05, 3.63) is 36.5 Å². The molecule has 0 fully saturated rings. The van der Waals surface area contributed by atoms with Crippen LogP contribution in [0.15, 0.2) is 40.8 Å². The van der Waals surface area contributed by atoms with Crippen molar-refractivity contribution in [2.24, 2.45) is 0 Å². The van der Waals surface area contributed by atoms with E-state index in [1.54, 1.807) is 18.2 Å². The van der Waals surface area contributed by atoms with Crippen molar-refractivity contribution >= 4 is 10.8 Å². The molecule has 0 amide bonds. The quantitative estimate of drug-likeness (QED) is 0.809. The minimum absolute atomic E-state index is 0.0706. The molecule has 0 bridgehead atoms. The average molecular weight is 211 g/mol. The molecule has 2 heterocycles. The van der Waals surface area contributed by atoms with Crippen LogP contribution in [0.25, 0.3) is 0 Å². The van der Waals surface area contributed by atoms with Gasteiger partial charge in [-0.05, 0) is 12.1 Å². The number of nitrogens with zero attached hydrogens (tertiary/aromatic N) is 2. The lowest BCUT2D eigenvalue weighted by Crippen LogP contribution is -1.97. The number of hydrogen-bond donors (Lipinski definition) is 1. The van der Waals surface area contributed by atoms with E-state index in [0.717, 1.165) is 6.20 Å². The first-order chi connectivity index (χ1) is 6.77. The lowest BCUT2D eigenvalue weighted by atomic mass is 10.5. The fraction of sp³-hybridized carbons (Fsp3) is 0. The molecule has 0 radical (unpaired) electrons. The molecule has 0 aromatic carbocycles. The first-order valence-electron chi connectivity index (χ1n) is 3.80. The van der Waals surface area contributed by atoms with E-state index in [9.17, 15) is 8.60 Å². The zero-order valence-electron chi connectivity index (χ0n) is 6.98. The fourth-order valence-corrected chi connectivity index (χ4v) is 1.83. The van der Waals surface area contributed by atoms with Gasteiger partial charge in [0.25, 0.3) is 0 Å². The van der Waals surface area contributed by atoms with Gasteiger partial charge in [0.15, 0.2) is 0 Å². The van der Waals surface area contributed by atoms with Crippen LogP contribution in [-0.4, -0.2) is 19.2 Å².